The minimum atomic E-state index is 0.248. The van der Waals surface area contributed by atoms with Gasteiger partial charge in [0, 0.05) is 19.4 Å². The molecule has 1 atom stereocenters. The van der Waals surface area contributed by atoms with E-state index in [1.807, 2.05) is 31.5 Å². The first-order chi connectivity index (χ1) is 8.70. The number of pyridine rings is 2. The quantitative estimate of drug-likeness (QED) is 0.767. The van der Waals surface area contributed by atoms with E-state index in [0.717, 1.165) is 22.9 Å². The summed E-state index contributed by atoms with van der Waals surface area (Å²) in [6, 6.07) is 8.14. The zero-order valence-corrected chi connectivity index (χ0v) is 10.8. The van der Waals surface area contributed by atoms with Crippen LogP contribution in [0, 0.1) is 6.92 Å². The van der Waals surface area contributed by atoms with Gasteiger partial charge in [0.2, 0.25) is 0 Å². The smallest absolute Gasteiger partial charge is 0.158 e. The van der Waals surface area contributed by atoms with E-state index < -0.39 is 0 Å². The predicted molar refractivity (Wildman–Crippen MR) is 73.2 cm³/mol. The second-order valence-electron chi connectivity index (χ2n) is 4.57. The second-order valence-corrected chi connectivity index (χ2v) is 4.57. The maximum absolute atomic E-state index is 4.52. The zero-order chi connectivity index (χ0) is 12.7. The Morgan fingerprint density at radius 3 is 2.44 bits per heavy atom. The lowest BCUT2D eigenvalue weighted by Crippen LogP contribution is -2.36. The Labute approximate surface area is 107 Å². The van der Waals surface area contributed by atoms with E-state index in [-0.39, 0.29) is 6.17 Å². The first-order valence-corrected chi connectivity index (χ1v) is 6.09. The molecule has 0 amide bonds. The third-order valence-corrected chi connectivity index (χ3v) is 3.55. The molecule has 92 valence electrons. The summed E-state index contributed by atoms with van der Waals surface area (Å²) in [5, 5.41) is 0. The topological polar surface area (TPSA) is 32.3 Å². The normalized spacial score (nSPS) is 18.1. The van der Waals surface area contributed by atoms with E-state index in [0.29, 0.717) is 0 Å². The summed E-state index contributed by atoms with van der Waals surface area (Å²) in [5.74, 6) is 1.00. The Kier molecular flexibility index (Phi) is 2.44. The lowest BCUT2D eigenvalue weighted by atomic mass is 10.2. The molecule has 0 fully saturated rings. The summed E-state index contributed by atoms with van der Waals surface area (Å²) in [7, 11) is 2.09. The molecule has 0 saturated heterocycles. The first kappa shape index (κ1) is 11.0. The van der Waals surface area contributed by atoms with Gasteiger partial charge < -0.3 is 9.80 Å². The average molecular weight is 240 g/mol. The highest BCUT2D eigenvalue weighted by Gasteiger charge is 2.33. The molecule has 4 heteroatoms. The number of nitrogens with zero attached hydrogens (tertiary/aromatic N) is 4. The maximum atomic E-state index is 4.52. The van der Waals surface area contributed by atoms with Crippen LogP contribution in [0.5, 0.6) is 0 Å². The molecule has 0 spiro atoms. The average Bonchev–Trinajstić information content (AvgIpc) is 2.64. The fraction of sp³-hybridized carbons (Fsp3) is 0.286. The van der Waals surface area contributed by atoms with Gasteiger partial charge in [0.1, 0.15) is 6.17 Å². The van der Waals surface area contributed by atoms with E-state index in [4.69, 9.17) is 0 Å². The van der Waals surface area contributed by atoms with Gasteiger partial charge >= 0.3 is 0 Å². The molecule has 2 aromatic rings. The molecule has 0 bridgehead atoms. The minimum absolute atomic E-state index is 0.248. The van der Waals surface area contributed by atoms with Gasteiger partial charge in [-0.3, -0.25) is 4.98 Å². The van der Waals surface area contributed by atoms with Crippen molar-refractivity contribution in [3.05, 3.63) is 42.4 Å². The number of rotatable bonds is 1. The standard InChI is InChI=1S/C14H16N4/c1-10-12(6-4-8-15-10)18-11(2)17(3)13-7-5-9-16-14(13)18/h4-9,11H,1-3H3. The highest BCUT2D eigenvalue weighted by atomic mass is 15.4. The largest absolute Gasteiger partial charge is 0.351 e. The summed E-state index contributed by atoms with van der Waals surface area (Å²) in [6.45, 7) is 4.21. The summed E-state index contributed by atoms with van der Waals surface area (Å²) >= 11 is 0. The van der Waals surface area contributed by atoms with Crippen LogP contribution in [-0.4, -0.2) is 23.2 Å². The molecule has 3 rings (SSSR count). The number of aromatic nitrogens is 2. The van der Waals surface area contributed by atoms with Gasteiger partial charge in [0.15, 0.2) is 5.82 Å². The first-order valence-electron chi connectivity index (χ1n) is 6.09. The van der Waals surface area contributed by atoms with Crippen LogP contribution in [0.15, 0.2) is 36.7 Å². The Bertz CT molecular complexity index is 582. The van der Waals surface area contributed by atoms with Crippen molar-refractivity contribution < 1.29 is 0 Å². The van der Waals surface area contributed by atoms with Crippen LogP contribution in [-0.2, 0) is 0 Å². The zero-order valence-electron chi connectivity index (χ0n) is 10.8. The van der Waals surface area contributed by atoms with Gasteiger partial charge in [-0.05, 0) is 38.1 Å². The van der Waals surface area contributed by atoms with Gasteiger partial charge in [0.25, 0.3) is 0 Å². The second kappa shape index (κ2) is 3.98. The number of aryl methyl sites for hydroxylation is 1. The van der Waals surface area contributed by atoms with Gasteiger partial charge in [-0.15, -0.1) is 0 Å². The highest BCUT2D eigenvalue weighted by Crippen LogP contribution is 2.41. The van der Waals surface area contributed by atoms with Crippen LogP contribution in [0.4, 0.5) is 17.2 Å². The molecule has 0 aliphatic carbocycles. The fourth-order valence-corrected chi connectivity index (χ4v) is 2.45. The molecule has 1 unspecified atom stereocenters. The van der Waals surface area contributed by atoms with Crippen LogP contribution in [0.2, 0.25) is 0 Å². The molecule has 0 radical (unpaired) electrons. The lowest BCUT2D eigenvalue weighted by Gasteiger charge is -2.27. The van der Waals surface area contributed by atoms with Crippen LogP contribution < -0.4 is 9.80 Å². The monoisotopic (exact) mass is 240 g/mol. The van der Waals surface area contributed by atoms with Gasteiger partial charge in [0.05, 0.1) is 17.1 Å². The number of hydrogen-bond acceptors (Lipinski definition) is 4. The summed E-state index contributed by atoms with van der Waals surface area (Å²) in [4.78, 5) is 13.3. The summed E-state index contributed by atoms with van der Waals surface area (Å²) in [5.41, 5.74) is 3.30. The summed E-state index contributed by atoms with van der Waals surface area (Å²) in [6.07, 6.45) is 3.91. The van der Waals surface area contributed by atoms with E-state index in [1.54, 1.807) is 0 Å². The van der Waals surface area contributed by atoms with E-state index >= 15 is 0 Å². The van der Waals surface area contributed by atoms with Crippen LogP contribution in [0.1, 0.15) is 12.6 Å². The van der Waals surface area contributed by atoms with Crippen LogP contribution >= 0.6 is 0 Å². The van der Waals surface area contributed by atoms with E-state index in [1.165, 1.54) is 0 Å². The molecule has 3 heterocycles. The van der Waals surface area contributed by atoms with E-state index in [9.17, 15) is 0 Å². The third kappa shape index (κ3) is 1.45. The molecule has 0 aromatic carbocycles. The molecule has 4 nitrogen and oxygen atoms in total. The van der Waals surface area contributed by atoms with Crippen LogP contribution in [0.3, 0.4) is 0 Å². The molecule has 1 aliphatic rings. The van der Waals surface area contributed by atoms with Gasteiger partial charge in [-0.2, -0.15) is 0 Å². The van der Waals surface area contributed by atoms with Crippen molar-refractivity contribution in [2.24, 2.45) is 0 Å². The SMILES string of the molecule is Cc1ncccc1N1c2ncccc2N(C)C1C. The number of hydrogen-bond donors (Lipinski definition) is 0. The summed E-state index contributed by atoms with van der Waals surface area (Å²) < 4.78 is 0. The Balaban J connectivity index is 2.16. The molecule has 18 heavy (non-hydrogen) atoms. The fourth-order valence-electron chi connectivity index (χ4n) is 2.45. The molecule has 0 N–H and O–H groups in total. The van der Waals surface area contributed by atoms with E-state index in [2.05, 4.69) is 45.9 Å². The molecule has 0 saturated carbocycles. The minimum Gasteiger partial charge on any atom is -0.351 e. The van der Waals surface area contributed by atoms with Crippen molar-refractivity contribution in [1.29, 1.82) is 0 Å². The predicted octanol–water partition coefficient (Wildman–Crippen LogP) is 2.72. The van der Waals surface area contributed by atoms with Crippen molar-refractivity contribution in [1.82, 2.24) is 9.97 Å². The molecular weight excluding hydrogens is 224 g/mol. The van der Waals surface area contributed by atoms with Gasteiger partial charge in [-0.25, -0.2) is 4.98 Å². The third-order valence-electron chi connectivity index (χ3n) is 3.55. The maximum Gasteiger partial charge on any atom is 0.158 e. The van der Waals surface area contributed by atoms with Gasteiger partial charge in [-0.1, -0.05) is 0 Å². The Hall–Kier alpha value is -2.10. The van der Waals surface area contributed by atoms with Crippen molar-refractivity contribution in [2.45, 2.75) is 20.0 Å². The molecular formula is C14H16N4. The lowest BCUT2D eigenvalue weighted by molar-refractivity contribution is 0.728. The molecule has 2 aromatic heterocycles. The number of anilines is 3. The van der Waals surface area contributed by atoms with Crippen molar-refractivity contribution in [2.75, 3.05) is 16.8 Å². The molecule has 1 aliphatic heterocycles. The number of fused-ring (bicyclic) bond motifs is 1. The van der Waals surface area contributed by atoms with Crippen molar-refractivity contribution in [3.8, 4) is 0 Å². The Morgan fingerprint density at radius 1 is 1.06 bits per heavy atom. The van der Waals surface area contributed by atoms with Crippen molar-refractivity contribution in [3.63, 3.8) is 0 Å². The highest BCUT2D eigenvalue weighted by molar-refractivity contribution is 5.80. The van der Waals surface area contributed by atoms with Crippen molar-refractivity contribution >= 4 is 17.2 Å². The Morgan fingerprint density at radius 2 is 1.72 bits per heavy atom. The van der Waals surface area contributed by atoms with Crippen LogP contribution in [0.25, 0.3) is 0 Å².